The highest BCUT2D eigenvalue weighted by Crippen LogP contribution is 2.46. The number of rotatable bonds is 5. The van der Waals surface area contributed by atoms with Crippen LogP contribution in [0, 0.1) is 5.92 Å². The number of hydrogen-bond donors (Lipinski definition) is 2. The Bertz CT molecular complexity index is 520. The maximum Gasteiger partial charge on any atom is 0.306 e. The van der Waals surface area contributed by atoms with Crippen LogP contribution in [0.25, 0.3) is 0 Å². The van der Waals surface area contributed by atoms with E-state index in [2.05, 4.69) is 36.5 Å². The average molecular weight is 303 g/mol. The van der Waals surface area contributed by atoms with Crippen molar-refractivity contribution >= 4 is 5.97 Å². The minimum Gasteiger partial charge on any atom is -0.481 e. The number of aryl methyl sites for hydroxylation is 1. The van der Waals surface area contributed by atoms with Crippen LogP contribution in [0.2, 0.25) is 0 Å². The molecule has 1 heterocycles. The lowest BCUT2D eigenvalue weighted by atomic mass is 9.66. The smallest absolute Gasteiger partial charge is 0.306 e. The molecule has 1 atom stereocenters. The normalized spacial score (nSPS) is 31.0. The molecule has 1 aliphatic heterocycles. The standard InChI is InChI=1S/C18H25NO3/c1-2-13-3-5-14(6-4-13)12-19-16-7-8-22-18(11-16)9-15(10-18)17(20)21/h3-6,15-16,19H,2,7-12H2,1H3,(H,20,21). The van der Waals surface area contributed by atoms with Crippen LogP contribution in [0.4, 0.5) is 0 Å². The van der Waals surface area contributed by atoms with Crippen molar-refractivity contribution in [3.8, 4) is 0 Å². The van der Waals surface area contributed by atoms with Gasteiger partial charge in [0.1, 0.15) is 0 Å². The molecule has 0 bridgehead atoms. The number of carboxylic acid groups (broad SMARTS) is 1. The Morgan fingerprint density at radius 2 is 1.95 bits per heavy atom. The molecule has 3 rings (SSSR count). The van der Waals surface area contributed by atoms with Crippen LogP contribution in [0.15, 0.2) is 24.3 Å². The molecule has 4 nitrogen and oxygen atoms in total. The van der Waals surface area contributed by atoms with Gasteiger partial charge in [-0.3, -0.25) is 4.79 Å². The predicted molar refractivity (Wildman–Crippen MR) is 84.7 cm³/mol. The topological polar surface area (TPSA) is 58.6 Å². The Morgan fingerprint density at radius 1 is 1.27 bits per heavy atom. The van der Waals surface area contributed by atoms with Crippen molar-refractivity contribution in [1.82, 2.24) is 5.32 Å². The Hall–Kier alpha value is -1.39. The van der Waals surface area contributed by atoms with E-state index in [0.29, 0.717) is 18.9 Å². The third kappa shape index (κ3) is 3.33. The molecule has 2 N–H and O–H groups in total. The van der Waals surface area contributed by atoms with Gasteiger partial charge in [0.15, 0.2) is 0 Å². The summed E-state index contributed by atoms with van der Waals surface area (Å²) in [5.74, 6) is -0.888. The van der Waals surface area contributed by atoms with Crippen LogP contribution in [-0.4, -0.2) is 29.3 Å². The number of ether oxygens (including phenoxy) is 1. The molecule has 2 aliphatic rings. The zero-order valence-electron chi connectivity index (χ0n) is 13.2. The van der Waals surface area contributed by atoms with E-state index in [0.717, 1.165) is 32.4 Å². The van der Waals surface area contributed by atoms with Crippen LogP contribution in [0.1, 0.15) is 43.7 Å². The Morgan fingerprint density at radius 3 is 2.59 bits per heavy atom. The first-order valence-corrected chi connectivity index (χ1v) is 8.28. The van der Waals surface area contributed by atoms with Crippen LogP contribution >= 0.6 is 0 Å². The summed E-state index contributed by atoms with van der Waals surface area (Å²) in [5, 5.41) is 12.7. The second-order valence-corrected chi connectivity index (χ2v) is 6.72. The molecular weight excluding hydrogens is 278 g/mol. The number of nitrogens with one attached hydrogen (secondary N) is 1. The summed E-state index contributed by atoms with van der Waals surface area (Å²) in [6.45, 7) is 3.77. The second-order valence-electron chi connectivity index (χ2n) is 6.72. The summed E-state index contributed by atoms with van der Waals surface area (Å²) >= 11 is 0. The third-order valence-corrected chi connectivity index (χ3v) is 5.11. The number of carboxylic acids is 1. The van der Waals surface area contributed by atoms with Crippen molar-refractivity contribution < 1.29 is 14.6 Å². The van der Waals surface area contributed by atoms with Crippen molar-refractivity contribution in [3.05, 3.63) is 35.4 Å². The first kappa shape index (κ1) is 15.5. The number of hydrogen-bond acceptors (Lipinski definition) is 3. The summed E-state index contributed by atoms with van der Waals surface area (Å²) in [4.78, 5) is 11.0. The number of aliphatic carboxylic acids is 1. The van der Waals surface area contributed by atoms with E-state index in [1.54, 1.807) is 0 Å². The van der Waals surface area contributed by atoms with E-state index in [-0.39, 0.29) is 11.5 Å². The molecule has 1 saturated carbocycles. The fourth-order valence-electron chi connectivity index (χ4n) is 3.65. The molecule has 1 aliphatic carbocycles. The van der Waals surface area contributed by atoms with E-state index in [4.69, 9.17) is 9.84 Å². The summed E-state index contributed by atoms with van der Waals surface area (Å²) in [6, 6.07) is 9.17. The third-order valence-electron chi connectivity index (χ3n) is 5.11. The maximum atomic E-state index is 11.0. The molecule has 0 amide bonds. The molecule has 1 unspecified atom stereocenters. The summed E-state index contributed by atoms with van der Waals surface area (Å²) < 4.78 is 5.89. The van der Waals surface area contributed by atoms with Crippen LogP contribution in [0.5, 0.6) is 0 Å². The van der Waals surface area contributed by atoms with Crippen LogP contribution < -0.4 is 5.32 Å². The van der Waals surface area contributed by atoms with E-state index in [1.807, 2.05) is 0 Å². The predicted octanol–water partition coefficient (Wildman–Crippen LogP) is 2.75. The van der Waals surface area contributed by atoms with Crippen molar-refractivity contribution in [2.24, 2.45) is 5.92 Å². The maximum absolute atomic E-state index is 11.0. The monoisotopic (exact) mass is 303 g/mol. The lowest BCUT2D eigenvalue weighted by molar-refractivity contribution is -0.181. The molecule has 22 heavy (non-hydrogen) atoms. The van der Waals surface area contributed by atoms with Gasteiger partial charge in [-0.2, -0.15) is 0 Å². The molecule has 120 valence electrons. The lowest BCUT2D eigenvalue weighted by Gasteiger charge is -2.50. The molecule has 2 fully saturated rings. The van der Waals surface area contributed by atoms with Crippen LogP contribution in [0.3, 0.4) is 0 Å². The van der Waals surface area contributed by atoms with Gasteiger partial charge >= 0.3 is 5.97 Å². The fraction of sp³-hybridized carbons (Fsp3) is 0.611. The van der Waals surface area contributed by atoms with Crippen molar-refractivity contribution in [1.29, 1.82) is 0 Å². The average Bonchev–Trinajstić information content (AvgIpc) is 2.51. The Labute approximate surface area is 131 Å². The molecular formula is C18H25NO3. The van der Waals surface area contributed by atoms with Gasteiger partial charge in [0, 0.05) is 19.2 Å². The quantitative estimate of drug-likeness (QED) is 0.878. The van der Waals surface area contributed by atoms with Crippen molar-refractivity contribution in [3.63, 3.8) is 0 Å². The fourth-order valence-corrected chi connectivity index (χ4v) is 3.65. The highest BCUT2D eigenvalue weighted by molar-refractivity contribution is 5.71. The molecule has 0 aromatic heterocycles. The first-order chi connectivity index (χ1) is 10.6. The molecule has 0 radical (unpaired) electrons. The van der Waals surface area contributed by atoms with Gasteiger partial charge in [-0.25, -0.2) is 0 Å². The van der Waals surface area contributed by atoms with Gasteiger partial charge in [0.05, 0.1) is 11.5 Å². The van der Waals surface area contributed by atoms with Gasteiger partial charge in [-0.1, -0.05) is 31.2 Å². The van der Waals surface area contributed by atoms with E-state index >= 15 is 0 Å². The zero-order valence-corrected chi connectivity index (χ0v) is 13.2. The highest BCUT2D eigenvalue weighted by atomic mass is 16.5. The van der Waals surface area contributed by atoms with Crippen molar-refractivity contribution in [2.75, 3.05) is 6.61 Å². The number of benzene rings is 1. The minimum absolute atomic E-state index is 0.176. The lowest BCUT2D eigenvalue weighted by Crippen LogP contribution is -2.55. The Balaban J connectivity index is 1.49. The summed E-state index contributed by atoms with van der Waals surface area (Å²) in [6.07, 6.45) is 4.36. The molecule has 1 aromatic rings. The van der Waals surface area contributed by atoms with Crippen LogP contribution in [-0.2, 0) is 22.5 Å². The van der Waals surface area contributed by atoms with Gasteiger partial charge < -0.3 is 15.2 Å². The molecule has 1 saturated heterocycles. The molecule has 4 heteroatoms. The van der Waals surface area contributed by atoms with Crippen molar-refractivity contribution in [2.45, 2.75) is 57.2 Å². The van der Waals surface area contributed by atoms with Gasteiger partial charge in [0.2, 0.25) is 0 Å². The minimum atomic E-state index is -0.680. The first-order valence-electron chi connectivity index (χ1n) is 8.28. The summed E-state index contributed by atoms with van der Waals surface area (Å²) in [5.41, 5.74) is 2.49. The Kier molecular flexibility index (Phi) is 4.50. The van der Waals surface area contributed by atoms with E-state index < -0.39 is 5.97 Å². The second kappa shape index (κ2) is 6.39. The van der Waals surface area contributed by atoms with Gasteiger partial charge in [-0.15, -0.1) is 0 Å². The van der Waals surface area contributed by atoms with E-state index in [1.165, 1.54) is 11.1 Å². The zero-order chi connectivity index (χ0) is 15.6. The summed E-state index contributed by atoms with van der Waals surface area (Å²) in [7, 11) is 0. The largest absolute Gasteiger partial charge is 0.481 e. The molecule has 1 aromatic carbocycles. The van der Waals surface area contributed by atoms with E-state index in [9.17, 15) is 4.79 Å². The number of carbonyl (C=O) groups is 1. The van der Waals surface area contributed by atoms with Gasteiger partial charge in [-0.05, 0) is 43.2 Å². The molecule has 1 spiro atoms. The van der Waals surface area contributed by atoms with Gasteiger partial charge in [0.25, 0.3) is 0 Å². The highest BCUT2D eigenvalue weighted by Gasteiger charge is 2.50. The SMILES string of the molecule is CCc1ccc(CNC2CCOC3(C2)CC(C(=O)O)C3)cc1.